The van der Waals surface area contributed by atoms with E-state index < -0.39 is 0 Å². The lowest BCUT2D eigenvalue weighted by Crippen LogP contribution is -2.43. The average Bonchev–Trinajstić information content (AvgIpc) is 2.15. The van der Waals surface area contributed by atoms with Gasteiger partial charge in [0.25, 0.3) is 0 Å². The van der Waals surface area contributed by atoms with Crippen molar-refractivity contribution < 1.29 is 0 Å². The van der Waals surface area contributed by atoms with E-state index in [2.05, 4.69) is 48.5 Å². The molecule has 1 saturated heterocycles. The molecule has 1 aliphatic rings. The molecular formula is C13H20N2. The van der Waals surface area contributed by atoms with E-state index in [4.69, 9.17) is 0 Å². The van der Waals surface area contributed by atoms with Crippen LogP contribution >= 0.6 is 0 Å². The first-order chi connectivity index (χ1) is 7.25. The predicted octanol–water partition coefficient (Wildman–Crippen LogP) is 2.04. The summed E-state index contributed by atoms with van der Waals surface area (Å²) in [6.07, 6.45) is 1.30. The van der Waals surface area contributed by atoms with Gasteiger partial charge < -0.3 is 10.2 Å². The summed E-state index contributed by atoms with van der Waals surface area (Å²) in [6.45, 7) is 5.73. The Kier molecular flexibility index (Phi) is 3.27. The smallest absolute Gasteiger partial charge is 0.0366 e. The highest BCUT2D eigenvalue weighted by molar-refractivity contribution is 5.47. The second-order valence-corrected chi connectivity index (χ2v) is 4.57. The molecule has 82 valence electrons. The molecule has 0 bridgehead atoms. The Morgan fingerprint density at radius 3 is 2.80 bits per heavy atom. The number of hydrogen-bond acceptors (Lipinski definition) is 2. The van der Waals surface area contributed by atoms with Gasteiger partial charge in [-0.2, -0.15) is 0 Å². The van der Waals surface area contributed by atoms with Crippen LogP contribution in [0.5, 0.6) is 0 Å². The summed E-state index contributed by atoms with van der Waals surface area (Å²) < 4.78 is 0. The zero-order valence-corrected chi connectivity index (χ0v) is 9.66. The lowest BCUT2D eigenvalue weighted by Gasteiger charge is -2.29. The molecule has 2 heteroatoms. The number of benzene rings is 1. The Bertz CT molecular complexity index is 318. The molecule has 0 saturated carbocycles. The Hall–Kier alpha value is -1.02. The molecule has 1 heterocycles. The molecule has 1 N–H and O–H groups in total. The highest BCUT2D eigenvalue weighted by Gasteiger charge is 2.16. The van der Waals surface area contributed by atoms with E-state index in [1.165, 1.54) is 30.8 Å². The van der Waals surface area contributed by atoms with Crippen molar-refractivity contribution in [3.8, 4) is 0 Å². The standard InChI is InChI=1S/C13H20N2/c1-11-4-3-5-13(8-11)15(2)7-6-12-9-14-10-12/h3-5,8,12,14H,6-7,9-10H2,1-2H3. The van der Waals surface area contributed by atoms with Gasteiger partial charge in [0.2, 0.25) is 0 Å². The van der Waals surface area contributed by atoms with Gasteiger partial charge >= 0.3 is 0 Å². The SMILES string of the molecule is Cc1cccc(N(C)CCC2CNC2)c1. The van der Waals surface area contributed by atoms with Crippen molar-refractivity contribution in [3.05, 3.63) is 29.8 Å². The van der Waals surface area contributed by atoms with E-state index in [-0.39, 0.29) is 0 Å². The van der Waals surface area contributed by atoms with E-state index >= 15 is 0 Å². The maximum absolute atomic E-state index is 3.32. The average molecular weight is 204 g/mol. The number of nitrogens with one attached hydrogen (secondary N) is 1. The van der Waals surface area contributed by atoms with Crippen LogP contribution in [0.2, 0.25) is 0 Å². The van der Waals surface area contributed by atoms with Gasteiger partial charge in [-0.3, -0.25) is 0 Å². The maximum atomic E-state index is 3.32. The number of anilines is 1. The molecule has 0 aliphatic carbocycles. The van der Waals surface area contributed by atoms with Crippen molar-refractivity contribution in [2.45, 2.75) is 13.3 Å². The second-order valence-electron chi connectivity index (χ2n) is 4.57. The number of rotatable bonds is 4. The van der Waals surface area contributed by atoms with Crippen LogP contribution in [0, 0.1) is 12.8 Å². The molecule has 0 radical (unpaired) electrons. The lowest BCUT2D eigenvalue weighted by molar-refractivity contribution is 0.330. The molecule has 2 nitrogen and oxygen atoms in total. The summed E-state index contributed by atoms with van der Waals surface area (Å²) in [5.74, 6) is 0.900. The Morgan fingerprint density at radius 1 is 1.40 bits per heavy atom. The minimum atomic E-state index is 0.900. The third-order valence-electron chi connectivity index (χ3n) is 3.18. The Morgan fingerprint density at radius 2 is 2.20 bits per heavy atom. The first-order valence-corrected chi connectivity index (χ1v) is 5.74. The summed E-state index contributed by atoms with van der Waals surface area (Å²) in [5, 5.41) is 3.32. The van der Waals surface area contributed by atoms with Crippen LogP contribution in [-0.4, -0.2) is 26.7 Å². The van der Waals surface area contributed by atoms with E-state index in [9.17, 15) is 0 Å². The fourth-order valence-electron chi connectivity index (χ4n) is 1.92. The van der Waals surface area contributed by atoms with Crippen molar-refractivity contribution in [1.29, 1.82) is 0 Å². The fourth-order valence-corrected chi connectivity index (χ4v) is 1.92. The van der Waals surface area contributed by atoms with E-state index in [1.54, 1.807) is 0 Å². The fraction of sp³-hybridized carbons (Fsp3) is 0.538. The molecule has 1 aromatic carbocycles. The molecule has 1 aliphatic heterocycles. The topological polar surface area (TPSA) is 15.3 Å². The Labute approximate surface area is 92.3 Å². The van der Waals surface area contributed by atoms with Crippen molar-refractivity contribution in [2.24, 2.45) is 5.92 Å². The molecule has 0 unspecified atom stereocenters. The number of hydrogen-bond donors (Lipinski definition) is 1. The van der Waals surface area contributed by atoms with Crippen LogP contribution in [0.1, 0.15) is 12.0 Å². The summed E-state index contributed by atoms with van der Waals surface area (Å²) >= 11 is 0. The molecule has 1 fully saturated rings. The minimum absolute atomic E-state index is 0.900. The zero-order chi connectivity index (χ0) is 10.7. The third-order valence-corrected chi connectivity index (χ3v) is 3.18. The van der Waals surface area contributed by atoms with Gasteiger partial charge in [0.1, 0.15) is 0 Å². The minimum Gasteiger partial charge on any atom is -0.375 e. The van der Waals surface area contributed by atoms with Gasteiger partial charge in [0.05, 0.1) is 0 Å². The highest BCUT2D eigenvalue weighted by Crippen LogP contribution is 2.16. The molecule has 0 spiro atoms. The van der Waals surface area contributed by atoms with Crippen LogP contribution in [0.3, 0.4) is 0 Å². The molecular weight excluding hydrogens is 184 g/mol. The van der Waals surface area contributed by atoms with Crippen LogP contribution < -0.4 is 10.2 Å². The van der Waals surface area contributed by atoms with Gasteiger partial charge in [-0.05, 0) is 50.0 Å². The largest absolute Gasteiger partial charge is 0.375 e. The quantitative estimate of drug-likeness (QED) is 0.807. The number of aryl methyl sites for hydroxylation is 1. The number of nitrogens with zero attached hydrogens (tertiary/aromatic N) is 1. The van der Waals surface area contributed by atoms with E-state index in [1.807, 2.05) is 0 Å². The van der Waals surface area contributed by atoms with Crippen LogP contribution in [0.4, 0.5) is 5.69 Å². The lowest BCUT2D eigenvalue weighted by atomic mass is 9.99. The van der Waals surface area contributed by atoms with E-state index in [0.717, 1.165) is 12.5 Å². The summed E-state index contributed by atoms with van der Waals surface area (Å²) in [5.41, 5.74) is 2.67. The molecule has 2 rings (SSSR count). The van der Waals surface area contributed by atoms with Crippen molar-refractivity contribution in [3.63, 3.8) is 0 Å². The summed E-state index contributed by atoms with van der Waals surface area (Å²) in [4.78, 5) is 2.35. The second kappa shape index (κ2) is 4.67. The normalized spacial score (nSPS) is 16.1. The van der Waals surface area contributed by atoms with Gasteiger partial charge in [-0.15, -0.1) is 0 Å². The third kappa shape index (κ3) is 2.72. The first kappa shape index (κ1) is 10.5. The zero-order valence-electron chi connectivity index (χ0n) is 9.66. The maximum Gasteiger partial charge on any atom is 0.0366 e. The molecule has 0 amide bonds. The van der Waals surface area contributed by atoms with Gasteiger partial charge in [0.15, 0.2) is 0 Å². The van der Waals surface area contributed by atoms with Crippen LogP contribution in [0.25, 0.3) is 0 Å². The monoisotopic (exact) mass is 204 g/mol. The Balaban J connectivity index is 1.86. The first-order valence-electron chi connectivity index (χ1n) is 5.74. The molecule has 1 aromatic rings. The predicted molar refractivity (Wildman–Crippen MR) is 65.4 cm³/mol. The highest BCUT2D eigenvalue weighted by atomic mass is 15.1. The molecule has 15 heavy (non-hydrogen) atoms. The van der Waals surface area contributed by atoms with Crippen LogP contribution in [-0.2, 0) is 0 Å². The van der Waals surface area contributed by atoms with Gasteiger partial charge in [-0.1, -0.05) is 12.1 Å². The van der Waals surface area contributed by atoms with E-state index in [0.29, 0.717) is 0 Å². The van der Waals surface area contributed by atoms with Gasteiger partial charge in [-0.25, -0.2) is 0 Å². The van der Waals surface area contributed by atoms with Crippen molar-refractivity contribution in [1.82, 2.24) is 5.32 Å². The molecule has 0 aromatic heterocycles. The summed E-state index contributed by atoms with van der Waals surface area (Å²) in [6, 6.07) is 8.71. The van der Waals surface area contributed by atoms with Gasteiger partial charge in [0, 0.05) is 19.3 Å². The molecule has 0 atom stereocenters. The van der Waals surface area contributed by atoms with Crippen molar-refractivity contribution in [2.75, 3.05) is 31.6 Å². The van der Waals surface area contributed by atoms with Crippen molar-refractivity contribution >= 4 is 5.69 Å². The summed E-state index contributed by atoms with van der Waals surface area (Å²) in [7, 11) is 2.18. The van der Waals surface area contributed by atoms with Crippen LogP contribution in [0.15, 0.2) is 24.3 Å².